The van der Waals surface area contributed by atoms with E-state index >= 15 is 0 Å². The molecule has 2 nitrogen and oxygen atoms in total. The van der Waals surface area contributed by atoms with Gasteiger partial charge in [0.1, 0.15) is 5.78 Å². The molecule has 0 aromatic rings. The van der Waals surface area contributed by atoms with Crippen LogP contribution < -0.4 is 0 Å². The predicted molar refractivity (Wildman–Crippen MR) is 77.9 cm³/mol. The Morgan fingerprint density at radius 3 is 2.61 bits per heavy atom. The first-order valence-electron chi connectivity index (χ1n) is 7.97. The molecule has 0 radical (unpaired) electrons. The highest BCUT2D eigenvalue weighted by Crippen LogP contribution is 2.20. The van der Waals surface area contributed by atoms with Gasteiger partial charge < -0.3 is 0 Å². The molecule has 0 spiro atoms. The average Bonchev–Trinajstić information content (AvgIpc) is 2.54. The Morgan fingerprint density at radius 1 is 1.11 bits per heavy atom. The molecule has 0 aromatic carbocycles. The summed E-state index contributed by atoms with van der Waals surface area (Å²) in [4.78, 5) is 14.0. The molecule has 0 aromatic heterocycles. The van der Waals surface area contributed by atoms with Crippen LogP contribution in [0.4, 0.5) is 0 Å². The molecule has 1 heterocycles. The molecule has 1 fully saturated rings. The van der Waals surface area contributed by atoms with E-state index in [-0.39, 0.29) is 0 Å². The molecule has 106 valence electrons. The number of unbranched alkanes of at least 4 members (excludes halogenated alkanes) is 4. The molecule has 2 heteroatoms. The maximum Gasteiger partial charge on any atom is 0.131 e. The van der Waals surface area contributed by atoms with E-state index in [0.717, 1.165) is 6.42 Å². The monoisotopic (exact) mass is 253 g/mol. The number of carbonyl (C=O) groups excluding carboxylic acids is 1. The van der Waals surface area contributed by atoms with Crippen LogP contribution in [-0.2, 0) is 4.79 Å². The SMILES string of the molecule is CCCCCCCN1CCCCCC1CC(C)=O. The summed E-state index contributed by atoms with van der Waals surface area (Å²) < 4.78 is 0. The van der Waals surface area contributed by atoms with E-state index in [1.54, 1.807) is 6.92 Å². The minimum absolute atomic E-state index is 0.359. The first kappa shape index (κ1) is 15.7. The van der Waals surface area contributed by atoms with Crippen LogP contribution in [0.1, 0.15) is 78.1 Å². The lowest BCUT2D eigenvalue weighted by atomic mass is 10.0. The van der Waals surface area contributed by atoms with Crippen molar-refractivity contribution in [3.63, 3.8) is 0 Å². The Balaban J connectivity index is 2.29. The fourth-order valence-electron chi connectivity index (χ4n) is 3.01. The van der Waals surface area contributed by atoms with Gasteiger partial charge in [-0.1, -0.05) is 45.4 Å². The molecule has 0 bridgehead atoms. The van der Waals surface area contributed by atoms with Gasteiger partial charge >= 0.3 is 0 Å². The third-order valence-electron chi connectivity index (χ3n) is 4.07. The van der Waals surface area contributed by atoms with E-state index in [9.17, 15) is 4.79 Å². The van der Waals surface area contributed by atoms with Gasteiger partial charge in [-0.3, -0.25) is 9.69 Å². The van der Waals surface area contributed by atoms with Crippen molar-refractivity contribution < 1.29 is 4.79 Å². The summed E-state index contributed by atoms with van der Waals surface area (Å²) in [5.74, 6) is 0.359. The first-order valence-corrected chi connectivity index (χ1v) is 7.97. The van der Waals surface area contributed by atoms with Crippen LogP contribution in [0.25, 0.3) is 0 Å². The summed E-state index contributed by atoms with van der Waals surface area (Å²) in [5, 5.41) is 0. The van der Waals surface area contributed by atoms with Crippen molar-refractivity contribution in [1.29, 1.82) is 0 Å². The zero-order valence-corrected chi connectivity index (χ0v) is 12.4. The molecule has 0 aliphatic carbocycles. The summed E-state index contributed by atoms with van der Waals surface area (Å²) >= 11 is 0. The second-order valence-electron chi connectivity index (χ2n) is 5.86. The van der Waals surface area contributed by atoms with E-state index in [2.05, 4.69) is 11.8 Å². The van der Waals surface area contributed by atoms with E-state index in [1.807, 2.05) is 0 Å². The lowest BCUT2D eigenvalue weighted by Gasteiger charge is -2.29. The number of rotatable bonds is 8. The normalized spacial score (nSPS) is 21.8. The standard InChI is InChI=1S/C16H31NO/c1-3-4-5-6-9-12-17-13-10-7-8-11-16(17)14-15(2)18/h16H,3-14H2,1-2H3. The summed E-state index contributed by atoms with van der Waals surface area (Å²) in [5.41, 5.74) is 0. The smallest absolute Gasteiger partial charge is 0.131 e. The Kier molecular flexibility index (Phi) is 8.32. The van der Waals surface area contributed by atoms with Crippen molar-refractivity contribution in [2.75, 3.05) is 13.1 Å². The van der Waals surface area contributed by atoms with Crippen molar-refractivity contribution in [1.82, 2.24) is 4.90 Å². The minimum atomic E-state index is 0.359. The van der Waals surface area contributed by atoms with Crippen molar-refractivity contribution in [3.05, 3.63) is 0 Å². The molecule has 1 atom stereocenters. The molecule has 1 aliphatic rings. The maximum absolute atomic E-state index is 11.4. The Labute approximate surface area is 113 Å². The zero-order valence-electron chi connectivity index (χ0n) is 12.4. The van der Waals surface area contributed by atoms with Crippen LogP contribution in [0.2, 0.25) is 0 Å². The molecule has 1 unspecified atom stereocenters. The van der Waals surface area contributed by atoms with E-state index < -0.39 is 0 Å². The van der Waals surface area contributed by atoms with E-state index in [1.165, 1.54) is 70.9 Å². The van der Waals surface area contributed by atoms with E-state index in [0.29, 0.717) is 11.8 Å². The predicted octanol–water partition coefficient (Wildman–Crippen LogP) is 4.18. The van der Waals surface area contributed by atoms with Crippen LogP contribution >= 0.6 is 0 Å². The van der Waals surface area contributed by atoms with Crippen LogP contribution in [0, 0.1) is 0 Å². The first-order chi connectivity index (χ1) is 8.74. The van der Waals surface area contributed by atoms with Crippen LogP contribution in [0.15, 0.2) is 0 Å². The number of Topliss-reactive ketones (excluding diaryl/α,β-unsaturated/α-hetero) is 1. The highest BCUT2D eigenvalue weighted by Gasteiger charge is 2.21. The second-order valence-corrected chi connectivity index (χ2v) is 5.86. The molecule has 0 N–H and O–H groups in total. The van der Waals surface area contributed by atoms with Crippen molar-refractivity contribution in [2.45, 2.75) is 84.1 Å². The van der Waals surface area contributed by atoms with Gasteiger partial charge in [0.05, 0.1) is 0 Å². The van der Waals surface area contributed by atoms with Gasteiger partial charge in [-0.2, -0.15) is 0 Å². The van der Waals surface area contributed by atoms with Gasteiger partial charge in [-0.05, 0) is 39.3 Å². The maximum atomic E-state index is 11.4. The number of hydrogen-bond acceptors (Lipinski definition) is 2. The number of carbonyl (C=O) groups is 1. The Bertz CT molecular complexity index is 227. The van der Waals surface area contributed by atoms with Crippen LogP contribution in [0.3, 0.4) is 0 Å². The lowest BCUT2D eigenvalue weighted by Crippen LogP contribution is -2.36. The largest absolute Gasteiger partial charge is 0.300 e. The molecule has 18 heavy (non-hydrogen) atoms. The quantitative estimate of drug-likeness (QED) is 0.605. The van der Waals surface area contributed by atoms with Crippen molar-refractivity contribution in [3.8, 4) is 0 Å². The minimum Gasteiger partial charge on any atom is -0.300 e. The van der Waals surface area contributed by atoms with Crippen molar-refractivity contribution >= 4 is 5.78 Å². The van der Waals surface area contributed by atoms with Crippen molar-refractivity contribution in [2.24, 2.45) is 0 Å². The highest BCUT2D eigenvalue weighted by molar-refractivity contribution is 5.76. The lowest BCUT2D eigenvalue weighted by molar-refractivity contribution is -0.118. The Hall–Kier alpha value is -0.370. The van der Waals surface area contributed by atoms with E-state index in [4.69, 9.17) is 0 Å². The number of likely N-dealkylation sites (tertiary alicyclic amines) is 1. The van der Waals surface area contributed by atoms with Gasteiger partial charge in [-0.15, -0.1) is 0 Å². The third kappa shape index (κ3) is 6.53. The number of ketones is 1. The van der Waals surface area contributed by atoms with Gasteiger partial charge in [0.2, 0.25) is 0 Å². The molecule has 1 aliphatic heterocycles. The molecular formula is C16H31NO. The van der Waals surface area contributed by atoms with Crippen LogP contribution in [-0.4, -0.2) is 29.8 Å². The van der Waals surface area contributed by atoms with Gasteiger partial charge in [0.25, 0.3) is 0 Å². The molecule has 0 saturated carbocycles. The van der Waals surface area contributed by atoms with Gasteiger partial charge in [0.15, 0.2) is 0 Å². The summed E-state index contributed by atoms with van der Waals surface area (Å²) in [6, 6.07) is 0.538. The molecule has 1 rings (SSSR count). The summed E-state index contributed by atoms with van der Waals surface area (Å²) in [6.45, 7) is 6.43. The second kappa shape index (κ2) is 9.55. The highest BCUT2D eigenvalue weighted by atomic mass is 16.1. The average molecular weight is 253 g/mol. The third-order valence-corrected chi connectivity index (χ3v) is 4.07. The topological polar surface area (TPSA) is 20.3 Å². The summed E-state index contributed by atoms with van der Waals surface area (Å²) in [7, 11) is 0. The molecule has 0 amide bonds. The number of nitrogens with zero attached hydrogens (tertiary/aromatic N) is 1. The molecular weight excluding hydrogens is 222 g/mol. The fraction of sp³-hybridized carbons (Fsp3) is 0.938. The number of hydrogen-bond donors (Lipinski definition) is 0. The zero-order chi connectivity index (χ0) is 13.2. The Morgan fingerprint density at radius 2 is 1.89 bits per heavy atom. The fourth-order valence-corrected chi connectivity index (χ4v) is 3.01. The van der Waals surface area contributed by atoms with Gasteiger partial charge in [-0.25, -0.2) is 0 Å². The van der Waals surface area contributed by atoms with Gasteiger partial charge in [0, 0.05) is 12.5 Å². The summed E-state index contributed by atoms with van der Waals surface area (Å²) in [6.07, 6.45) is 12.7. The molecule has 1 saturated heterocycles. The van der Waals surface area contributed by atoms with Crippen LogP contribution in [0.5, 0.6) is 0 Å².